The molecule has 0 aliphatic heterocycles. The number of anilines is 1. The van der Waals surface area contributed by atoms with E-state index in [1.54, 1.807) is 35.7 Å². The number of benzene rings is 3. The number of thiazole rings is 1. The predicted octanol–water partition coefficient (Wildman–Crippen LogP) is 6.92. The molecule has 0 atom stereocenters. The van der Waals surface area contributed by atoms with E-state index in [9.17, 15) is 4.79 Å². The van der Waals surface area contributed by atoms with Gasteiger partial charge in [0.1, 0.15) is 16.5 Å². The molecule has 3 aromatic carbocycles. The normalized spacial score (nSPS) is 10.5. The van der Waals surface area contributed by atoms with Gasteiger partial charge in [0, 0.05) is 28.4 Å². The molecule has 5 nitrogen and oxygen atoms in total. The van der Waals surface area contributed by atoms with E-state index in [1.807, 2.05) is 84.2 Å². The maximum absolute atomic E-state index is 12.9. The van der Waals surface area contributed by atoms with Crippen LogP contribution in [-0.4, -0.2) is 15.9 Å². The highest BCUT2D eigenvalue weighted by molar-refractivity contribution is 7.13. The average molecular weight is 450 g/mol. The first-order chi connectivity index (χ1) is 16.2. The van der Waals surface area contributed by atoms with Gasteiger partial charge in [0.05, 0.1) is 11.4 Å². The molecule has 0 bridgehead atoms. The summed E-state index contributed by atoms with van der Waals surface area (Å²) in [5, 5.41) is 5.82. The monoisotopic (exact) mass is 449 g/mol. The molecule has 1 N–H and O–H groups in total. The van der Waals surface area contributed by atoms with Gasteiger partial charge in [-0.05, 0) is 54.6 Å². The summed E-state index contributed by atoms with van der Waals surface area (Å²) < 4.78 is 5.84. The molecule has 33 heavy (non-hydrogen) atoms. The van der Waals surface area contributed by atoms with Crippen LogP contribution in [0.25, 0.3) is 22.0 Å². The maximum Gasteiger partial charge on any atom is 0.255 e. The van der Waals surface area contributed by atoms with E-state index in [0.29, 0.717) is 17.0 Å². The second-order valence-electron chi connectivity index (χ2n) is 7.23. The van der Waals surface area contributed by atoms with Gasteiger partial charge < -0.3 is 10.1 Å². The molecule has 0 spiro atoms. The molecule has 0 unspecified atom stereocenters. The van der Waals surface area contributed by atoms with E-state index >= 15 is 0 Å². The van der Waals surface area contributed by atoms with Crippen LogP contribution in [0.3, 0.4) is 0 Å². The molecule has 6 heteroatoms. The number of nitrogens with zero attached hydrogens (tertiary/aromatic N) is 2. The molecule has 0 aliphatic carbocycles. The molecule has 160 valence electrons. The van der Waals surface area contributed by atoms with Crippen molar-refractivity contribution in [3.63, 3.8) is 0 Å². The number of carbonyl (C=O) groups is 1. The van der Waals surface area contributed by atoms with E-state index in [0.717, 1.165) is 27.7 Å². The van der Waals surface area contributed by atoms with Crippen molar-refractivity contribution in [1.82, 2.24) is 9.97 Å². The molecule has 0 fully saturated rings. The van der Waals surface area contributed by atoms with Crippen molar-refractivity contribution >= 4 is 22.9 Å². The van der Waals surface area contributed by atoms with Crippen LogP contribution in [-0.2, 0) is 0 Å². The van der Waals surface area contributed by atoms with Gasteiger partial charge in [-0.3, -0.25) is 9.78 Å². The first-order valence-electron chi connectivity index (χ1n) is 10.4. The standard InChI is InChI=1S/C27H19N3O2S/c31-26(20-9-7-13-23(17-20)32-22-11-2-1-3-12-22)29-21-10-6-8-19(16-21)25-18-33-27(30-25)24-14-4-5-15-28-24/h1-18H,(H,29,31). The van der Waals surface area contributed by atoms with Gasteiger partial charge in [-0.1, -0.05) is 42.5 Å². The van der Waals surface area contributed by atoms with Gasteiger partial charge in [-0.25, -0.2) is 4.98 Å². The summed E-state index contributed by atoms with van der Waals surface area (Å²) >= 11 is 1.54. The molecule has 0 aliphatic rings. The zero-order valence-corrected chi connectivity index (χ0v) is 18.3. The summed E-state index contributed by atoms with van der Waals surface area (Å²) in [6, 6.07) is 30.0. The number of nitrogens with one attached hydrogen (secondary N) is 1. The SMILES string of the molecule is O=C(Nc1cccc(-c2csc(-c3ccccn3)n2)c1)c1cccc(Oc2ccccc2)c1. The fourth-order valence-electron chi connectivity index (χ4n) is 3.30. The predicted molar refractivity (Wildman–Crippen MR) is 132 cm³/mol. The van der Waals surface area contributed by atoms with Crippen molar-refractivity contribution < 1.29 is 9.53 Å². The molecule has 0 saturated carbocycles. The Morgan fingerprint density at radius 3 is 2.45 bits per heavy atom. The number of hydrogen-bond donors (Lipinski definition) is 1. The van der Waals surface area contributed by atoms with Gasteiger partial charge in [-0.2, -0.15) is 0 Å². The van der Waals surface area contributed by atoms with Crippen LogP contribution in [0, 0.1) is 0 Å². The second-order valence-corrected chi connectivity index (χ2v) is 8.09. The third kappa shape index (κ3) is 4.97. The molecular formula is C27H19N3O2S. The Labute approximate surface area is 195 Å². The van der Waals surface area contributed by atoms with Gasteiger partial charge in [0.25, 0.3) is 5.91 Å². The summed E-state index contributed by atoms with van der Waals surface area (Å²) in [5.41, 5.74) is 3.82. The molecule has 0 saturated heterocycles. The van der Waals surface area contributed by atoms with E-state index in [-0.39, 0.29) is 5.91 Å². The summed E-state index contributed by atoms with van der Waals surface area (Å²) in [4.78, 5) is 21.9. The topological polar surface area (TPSA) is 64.1 Å². The van der Waals surface area contributed by atoms with Crippen LogP contribution in [0.2, 0.25) is 0 Å². The molecular weight excluding hydrogens is 430 g/mol. The average Bonchev–Trinajstić information content (AvgIpc) is 3.36. The van der Waals surface area contributed by atoms with Crippen molar-refractivity contribution in [3.8, 4) is 33.5 Å². The third-order valence-corrected chi connectivity index (χ3v) is 5.74. The largest absolute Gasteiger partial charge is 0.457 e. The highest BCUT2D eigenvalue weighted by Gasteiger charge is 2.11. The van der Waals surface area contributed by atoms with Crippen molar-refractivity contribution in [2.75, 3.05) is 5.32 Å². The Hall–Kier alpha value is -4.29. The third-order valence-electron chi connectivity index (χ3n) is 4.88. The summed E-state index contributed by atoms with van der Waals surface area (Å²) in [7, 11) is 0. The Bertz CT molecular complexity index is 1380. The Balaban J connectivity index is 1.32. The molecule has 1 amide bonds. The zero-order valence-electron chi connectivity index (χ0n) is 17.5. The summed E-state index contributed by atoms with van der Waals surface area (Å²) in [5.74, 6) is 1.11. The van der Waals surface area contributed by atoms with Crippen molar-refractivity contribution in [2.45, 2.75) is 0 Å². The van der Waals surface area contributed by atoms with Crippen molar-refractivity contribution in [3.05, 3.63) is 114 Å². The van der Waals surface area contributed by atoms with Crippen LogP contribution >= 0.6 is 11.3 Å². The fourth-order valence-corrected chi connectivity index (χ4v) is 4.10. The minimum absolute atomic E-state index is 0.210. The number of rotatable bonds is 6. The number of hydrogen-bond acceptors (Lipinski definition) is 5. The van der Waals surface area contributed by atoms with E-state index in [1.165, 1.54) is 0 Å². The quantitative estimate of drug-likeness (QED) is 0.306. The number of aromatic nitrogens is 2. The van der Waals surface area contributed by atoms with Gasteiger partial charge in [0.2, 0.25) is 0 Å². The number of carbonyl (C=O) groups excluding carboxylic acids is 1. The minimum Gasteiger partial charge on any atom is -0.457 e. The number of ether oxygens (including phenoxy) is 1. The Morgan fingerprint density at radius 2 is 1.61 bits per heavy atom. The molecule has 5 rings (SSSR count). The number of amides is 1. The van der Waals surface area contributed by atoms with Gasteiger partial charge >= 0.3 is 0 Å². The Kier molecular flexibility index (Phi) is 5.91. The van der Waals surface area contributed by atoms with Crippen LogP contribution in [0.15, 0.2) is 109 Å². The zero-order chi connectivity index (χ0) is 22.5. The Morgan fingerprint density at radius 1 is 0.788 bits per heavy atom. The summed E-state index contributed by atoms with van der Waals surface area (Å²) in [6.45, 7) is 0. The fraction of sp³-hybridized carbons (Fsp3) is 0. The smallest absolute Gasteiger partial charge is 0.255 e. The molecule has 2 heterocycles. The molecule has 0 radical (unpaired) electrons. The van der Waals surface area contributed by atoms with Crippen molar-refractivity contribution in [2.24, 2.45) is 0 Å². The maximum atomic E-state index is 12.9. The van der Waals surface area contributed by atoms with Crippen molar-refractivity contribution in [1.29, 1.82) is 0 Å². The lowest BCUT2D eigenvalue weighted by molar-refractivity contribution is 0.102. The highest BCUT2D eigenvalue weighted by atomic mass is 32.1. The lowest BCUT2D eigenvalue weighted by atomic mass is 10.1. The van der Waals surface area contributed by atoms with E-state index in [2.05, 4.69) is 10.3 Å². The minimum atomic E-state index is -0.210. The van der Waals surface area contributed by atoms with Crippen LogP contribution in [0.4, 0.5) is 5.69 Å². The lowest BCUT2D eigenvalue weighted by Gasteiger charge is -2.09. The van der Waals surface area contributed by atoms with Gasteiger partial charge in [-0.15, -0.1) is 11.3 Å². The van der Waals surface area contributed by atoms with Crippen LogP contribution in [0.5, 0.6) is 11.5 Å². The van der Waals surface area contributed by atoms with Crippen LogP contribution in [0.1, 0.15) is 10.4 Å². The first-order valence-corrected chi connectivity index (χ1v) is 11.2. The first kappa shape index (κ1) is 20.6. The van der Waals surface area contributed by atoms with Crippen LogP contribution < -0.4 is 10.1 Å². The lowest BCUT2D eigenvalue weighted by Crippen LogP contribution is -2.11. The second kappa shape index (κ2) is 9.46. The van der Waals surface area contributed by atoms with Gasteiger partial charge in [0.15, 0.2) is 0 Å². The number of pyridine rings is 1. The highest BCUT2D eigenvalue weighted by Crippen LogP contribution is 2.29. The molecule has 5 aromatic rings. The molecule has 2 aromatic heterocycles. The summed E-state index contributed by atoms with van der Waals surface area (Å²) in [6.07, 6.45) is 1.76. The van der Waals surface area contributed by atoms with E-state index in [4.69, 9.17) is 9.72 Å². The number of para-hydroxylation sites is 1. The van der Waals surface area contributed by atoms with E-state index < -0.39 is 0 Å².